The van der Waals surface area contributed by atoms with Crippen LogP contribution in [0.3, 0.4) is 0 Å². The number of halogens is 1. The van der Waals surface area contributed by atoms with E-state index in [9.17, 15) is 17.6 Å². The van der Waals surface area contributed by atoms with Crippen LogP contribution in [0.4, 0.5) is 9.52 Å². The van der Waals surface area contributed by atoms with E-state index in [1.165, 1.54) is 33.8 Å². The van der Waals surface area contributed by atoms with Gasteiger partial charge in [0.05, 0.1) is 11.3 Å². The van der Waals surface area contributed by atoms with E-state index in [0.29, 0.717) is 35.8 Å². The van der Waals surface area contributed by atoms with Crippen LogP contribution in [-0.2, 0) is 14.8 Å². The first kappa shape index (κ1) is 21.7. The number of hydrogen-bond acceptors (Lipinski definition) is 6. The molecule has 1 fully saturated rings. The summed E-state index contributed by atoms with van der Waals surface area (Å²) in [6, 6.07) is 11.0. The fraction of sp³-hybridized carbons (Fsp3) is 0.333. The number of fused-ring (bicyclic) bond motifs is 1. The van der Waals surface area contributed by atoms with E-state index in [1.807, 2.05) is 25.1 Å². The Morgan fingerprint density at radius 3 is 2.68 bits per heavy atom. The average molecular weight is 464 g/mol. The molecule has 0 radical (unpaired) electrons. The molecule has 1 amide bonds. The van der Waals surface area contributed by atoms with Crippen LogP contribution < -0.4 is 10.1 Å². The maximum atomic E-state index is 14.0. The molecule has 0 aliphatic carbocycles. The maximum absolute atomic E-state index is 14.0. The molecule has 0 atom stereocenters. The fourth-order valence-electron chi connectivity index (χ4n) is 3.61. The summed E-state index contributed by atoms with van der Waals surface area (Å²) in [5.74, 6) is -0.640. The zero-order valence-corrected chi connectivity index (χ0v) is 18.5. The molecule has 1 aliphatic rings. The van der Waals surface area contributed by atoms with Crippen LogP contribution in [0.1, 0.15) is 19.8 Å². The molecule has 164 valence electrons. The highest BCUT2D eigenvalue weighted by Gasteiger charge is 2.33. The number of hydrogen-bond donors (Lipinski definition) is 1. The van der Waals surface area contributed by atoms with Crippen molar-refractivity contribution >= 4 is 42.6 Å². The topological polar surface area (TPSA) is 88.6 Å². The van der Waals surface area contributed by atoms with Gasteiger partial charge in [0.2, 0.25) is 15.9 Å². The summed E-state index contributed by atoms with van der Waals surface area (Å²) in [6.45, 7) is 2.73. The number of ether oxygens (including phenoxy) is 1. The van der Waals surface area contributed by atoms with Crippen molar-refractivity contribution in [3.63, 3.8) is 0 Å². The maximum Gasteiger partial charge on any atom is 0.245 e. The molecule has 7 nitrogen and oxygen atoms in total. The van der Waals surface area contributed by atoms with E-state index in [1.54, 1.807) is 0 Å². The minimum absolute atomic E-state index is 0.156. The third-order valence-corrected chi connectivity index (χ3v) is 8.06. The van der Waals surface area contributed by atoms with Crippen LogP contribution in [0.2, 0.25) is 0 Å². The van der Waals surface area contributed by atoms with Gasteiger partial charge in [0.1, 0.15) is 22.0 Å². The Hall–Kier alpha value is -2.56. The monoisotopic (exact) mass is 463 g/mol. The Morgan fingerprint density at radius 2 is 1.97 bits per heavy atom. The van der Waals surface area contributed by atoms with E-state index in [-0.39, 0.29) is 29.8 Å². The van der Waals surface area contributed by atoms with Gasteiger partial charge < -0.3 is 10.1 Å². The van der Waals surface area contributed by atoms with Gasteiger partial charge in [-0.1, -0.05) is 29.5 Å². The Balaban J connectivity index is 1.41. The van der Waals surface area contributed by atoms with Crippen LogP contribution in [0.5, 0.6) is 5.75 Å². The van der Waals surface area contributed by atoms with Gasteiger partial charge in [-0.15, -0.1) is 0 Å². The van der Waals surface area contributed by atoms with Crippen LogP contribution in [0, 0.1) is 11.7 Å². The van der Waals surface area contributed by atoms with Gasteiger partial charge in [-0.2, -0.15) is 4.31 Å². The number of piperidine rings is 1. The third kappa shape index (κ3) is 4.41. The fourth-order valence-corrected chi connectivity index (χ4v) is 6.03. The highest BCUT2D eigenvalue weighted by Crippen LogP contribution is 2.33. The summed E-state index contributed by atoms with van der Waals surface area (Å²) in [6.07, 6.45) is 0.712. The molecule has 1 N–H and O–H groups in total. The number of carbonyl (C=O) groups excluding carboxylic acids is 1. The molecule has 3 aromatic rings. The Bertz CT molecular complexity index is 1200. The number of anilines is 1. The van der Waals surface area contributed by atoms with Crippen molar-refractivity contribution in [1.82, 2.24) is 9.29 Å². The summed E-state index contributed by atoms with van der Waals surface area (Å²) < 4.78 is 47.1. The number of nitrogens with one attached hydrogen (secondary N) is 1. The van der Waals surface area contributed by atoms with Gasteiger partial charge in [0.25, 0.3) is 0 Å². The predicted molar refractivity (Wildman–Crippen MR) is 117 cm³/mol. The number of amides is 1. The van der Waals surface area contributed by atoms with Gasteiger partial charge in [-0.05, 0) is 44.0 Å². The van der Waals surface area contributed by atoms with Crippen molar-refractivity contribution in [3.05, 3.63) is 48.3 Å². The lowest BCUT2D eigenvalue weighted by Crippen LogP contribution is -2.41. The molecule has 31 heavy (non-hydrogen) atoms. The van der Waals surface area contributed by atoms with E-state index in [2.05, 4.69) is 10.3 Å². The second-order valence-electron chi connectivity index (χ2n) is 7.15. The van der Waals surface area contributed by atoms with Gasteiger partial charge in [0, 0.05) is 19.0 Å². The minimum atomic E-state index is -3.93. The van der Waals surface area contributed by atoms with Gasteiger partial charge in [0.15, 0.2) is 5.13 Å². The highest BCUT2D eigenvalue weighted by molar-refractivity contribution is 7.89. The summed E-state index contributed by atoms with van der Waals surface area (Å²) in [4.78, 5) is 16.9. The Kier molecular flexibility index (Phi) is 6.22. The second-order valence-corrected chi connectivity index (χ2v) is 10.1. The average Bonchev–Trinajstić information content (AvgIpc) is 3.17. The van der Waals surface area contributed by atoms with Crippen molar-refractivity contribution in [2.24, 2.45) is 5.92 Å². The summed E-state index contributed by atoms with van der Waals surface area (Å²) in [5.41, 5.74) is 0.704. The number of sulfonamides is 1. The van der Waals surface area contributed by atoms with Gasteiger partial charge >= 0.3 is 0 Å². The summed E-state index contributed by atoms with van der Waals surface area (Å²) in [5, 5.41) is 3.33. The van der Waals surface area contributed by atoms with E-state index < -0.39 is 15.8 Å². The number of rotatable bonds is 6. The number of aromatic nitrogens is 1. The first-order valence-corrected chi connectivity index (χ1v) is 12.2. The van der Waals surface area contributed by atoms with Crippen molar-refractivity contribution < 1.29 is 22.3 Å². The molecule has 0 saturated carbocycles. The lowest BCUT2D eigenvalue weighted by Gasteiger charge is -2.30. The third-order valence-electron chi connectivity index (χ3n) is 5.19. The van der Waals surface area contributed by atoms with Crippen molar-refractivity contribution in [2.75, 3.05) is 25.0 Å². The van der Waals surface area contributed by atoms with Crippen LogP contribution in [-0.4, -0.2) is 43.3 Å². The van der Waals surface area contributed by atoms with Crippen LogP contribution >= 0.6 is 11.3 Å². The second kappa shape index (κ2) is 8.89. The number of nitrogens with zero attached hydrogens (tertiary/aromatic N) is 2. The number of para-hydroxylation sites is 1. The lowest BCUT2D eigenvalue weighted by atomic mass is 9.97. The first-order valence-electron chi connectivity index (χ1n) is 9.98. The summed E-state index contributed by atoms with van der Waals surface area (Å²) in [7, 11) is -3.93. The molecular formula is C21H22FN3O4S2. The van der Waals surface area contributed by atoms with Crippen molar-refractivity contribution in [2.45, 2.75) is 24.7 Å². The normalized spacial score (nSPS) is 15.8. The molecule has 2 aromatic carbocycles. The number of thiazole rings is 1. The molecule has 0 spiro atoms. The smallest absolute Gasteiger partial charge is 0.245 e. The highest BCUT2D eigenvalue weighted by atomic mass is 32.2. The lowest BCUT2D eigenvalue weighted by molar-refractivity contribution is -0.120. The molecule has 1 aromatic heterocycles. The molecule has 1 aliphatic heterocycles. The molecule has 1 saturated heterocycles. The molecule has 4 rings (SSSR count). The van der Waals surface area contributed by atoms with Crippen molar-refractivity contribution in [1.29, 1.82) is 0 Å². The largest absolute Gasteiger partial charge is 0.492 e. The SMILES string of the molecule is CCOc1cccc2sc(NC(=O)C3CCN(S(=O)(=O)c4ccccc4F)CC3)nc12. The van der Waals surface area contributed by atoms with E-state index in [4.69, 9.17) is 4.74 Å². The molecule has 2 heterocycles. The Labute approximate surface area is 183 Å². The molecule has 0 bridgehead atoms. The number of benzene rings is 2. The van der Waals surface area contributed by atoms with Crippen molar-refractivity contribution in [3.8, 4) is 5.75 Å². The minimum Gasteiger partial charge on any atom is -0.492 e. The zero-order valence-electron chi connectivity index (χ0n) is 16.9. The van der Waals surface area contributed by atoms with Crippen LogP contribution in [0.25, 0.3) is 10.2 Å². The molecule has 0 unspecified atom stereocenters. The zero-order chi connectivity index (χ0) is 22.0. The van der Waals surface area contributed by atoms with Gasteiger partial charge in [-0.3, -0.25) is 4.79 Å². The standard InChI is InChI=1S/C21H22FN3O4S2/c1-2-29-16-7-5-8-17-19(16)23-21(30-17)24-20(26)14-10-12-25(13-11-14)31(27,28)18-9-4-3-6-15(18)22/h3-9,14H,2,10-13H2,1H3,(H,23,24,26). The summed E-state index contributed by atoms with van der Waals surface area (Å²) >= 11 is 1.36. The van der Waals surface area contributed by atoms with E-state index >= 15 is 0 Å². The quantitative estimate of drug-likeness (QED) is 0.600. The molecular weight excluding hydrogens is 441 g/mol. The van der Waals surface area contributed by atoms with E-state index in [0.717, 1.165) is 10.8 Å². The first-order chi connectivity index (χ1) is 14.9. The molecule has 10 heteroatoms. The van der Waals surface area contributed by atoms with Crippen LogP contribution in [0.15, 0.2) is 47.4 Å². The Morgan fingerprint density at radius 1 is 1.23 bits per heavy atom. The van der Waals surface area contributed by atoms with Gasteiger partial charge in [-0.25, -0.2) is 17.8 Å². The number of carbonyl (C=O) groups is 1. The predicted octanol–water partition coefficient (Wildman–Crippen LogP) is 3.87.